The van der Waals surface area contributed by atoms with Gasteiger partial charge in [-0.15, -0.1) is 11.8 Å². The molecule has 1 aliphatic rings. The van der Waals surface area contributed by atoms with Crippen molar-refractivity contribution in [3.63, 3.8) is 0 Å². The largest absolute Gasteiger partial charge is 0.341 e. The molecule has 0 bridgehead atoms. The van der Waals surface area contributed by atoms with Crippen LogP contribution < -0.4 is 0 Å². The van der Waals surface area contributed by atoms with E-state index < -0.39 is 0 Å². The number of piperidine rings is 1. The predicted molar refractivity (Wildman–Crippen MR) is 120 cm³/mol. The third kappa shape index (κ3) is 4.19. The molecule has 0 radical (unpaired) electrons. The lowest BCUT2D eigenvalue weighted by Crippen LogP contribution is -2.42. The lowest BCUT2D eigenvalue weighted by Gasteiger charge is -2.31. The molecule has 1 amide bonds. The summed E-state index contributed by atoms with van der Waals surface area (Å²) in [5.74, 6) is 0.524. The number of benzene rings is 2. The van der Waals surface area contributed by atoms with Crippen molar-refractivity contribution in [2.45, 2.75) is 24.7 Å². The summed E-state index contributed by atoms with van der Waals surface area (Å²) < 4.78 is 0. The molecule has 2 aromatic carbocycles. The van der Waals surface area contributed by atoms with Crippen LogP contribution in [0.1, 0.15) is 39.4 Å². The van der Waals surface area contributed by atoms with Crippen molar-refractivity contribution >= 4 is 23.5 Å². The summed E-state index contributed by atoms with van der Waals surface area (Å²) in [4.78, 5) is 36.9. The van der Waals surface area contributed by atoms with Crippen LogP contribution in [0.4, 0.5) is 0 Å². The zero-order valence-electron chi connectivity index (χ0n) is 17.2. The Morgan fingerprint density at radius 1 is 1.10 bits per heavy atom. The van der Waals surface area contributed by atoms with Gasteiger partial charge in [0.05, 0.1) is 0 Å². The number of ketones is 1. The first-order valence-electron chi connectivity index (χ1n) is 10.2. The summed E-state index contributed by atoms with van der Waals surface area (Å²) in [7, 11) is 0. The minimum absolute atomic E-state index is 0.110. The zero-order chi connectivity index (χ0) is 21.1. The van der Waals surface area contributed by atoms with Crippen LogP contribution >= 0.6 is 11.8 Å². The van der Waals surface area contributed by atoms with Gasteiger partial charge in [0.2, 0.25) is 0 Å². The van der Waals surface area contributed by atoms with Crippen LogP contribution in [0.2, 0.25) is 0 Å². The van der Waals surface area contributed by atoms with Gasteiger partial charge in [0.25, 0.3) is 5.91 Å². The number of thioether (sulfide) groups is 1. The van der Waals surface area contributed by atoms with Crippen molar-refractivity contribution in [1.82, 2.24) is 14.9 Å². The SMILES string of the molecule is CSc1ccc(C(=O)[C@@H]2CCCN(C(=O)c3nc(-c4ccccc4)[nH]c3C)C2)cc1. The number of nitrogens with one attached hydrogen (secondary N) is 1. The molecule has 3 aromatic rings. The molecule has 0 aliphatic carbocycles. The molecule has 0 unspecified atom stereocenters. The van der Waals surface area contributed by atoms with Crippen LogP contribution in [0, 0.1) is 12.8 Å². The molecule has 0 spiro atoms. The monoisotopic (exact) mass is 419 g/mol. The second-order valence-electron chi connectivity index (χ2n) is 7.61. The highest BCUT2D eigenvalue weighted by Crippen LogP contribution is 2.25. The standard InChI is InChI=1S/C24H25N3O2S/c1-16-21(26-23(25-16)18-7-4-3-5-8-18)24(29)27-14-6-9-19(15-27)22(28)17-10-12-20(30-2)13-11-17/h3-5,7-8,10-13,19H,6,9,14-15H2,1-2H3,(H,25,26)/t19-/m1/s1. The molecule has 4 rings (SSSR count). The normalized spacial score (nSPS) is 16.5. The Labute approximate surface area is 180 Å². The number of Topliss-reactive ketones (excluding diaryl/α,β-unsaturated/α-hetero) is 1. The maximum atomic E-state index is 13.2. The number of hydrogen-bond donors (Lipinski definition) is 1. The Balaban J connectivity index is 1.50. The van der Waals surface area contributed by atoms with Gasteiger partial charge in [0, 0.05) is 40.7 Å². The van der Waals surface area contributed by atoms with Crippen LogP contribution in [-0.2, 0) is 0 Å². The van der Waals surface area contributed by atoms with Crippen molar-refractivity contribution in [2.75, 3.05) is 19.3 Å². The van der Waals surface area contributed by atoms with E-state index >= 15 is 0 Å². The van der Waals surface area contributed by atoms with Crippen molar-refractivity contribution in [1.29, 1.82) is 0 Å². The number of imidazole rings is 1. The summed E-state index contributed by atoms with van der Waals surface area (Å²) in [6.45, 7) is 2.96. The van der Waals surface area contributed by atoms with Gasteiger partial charge in [-0.05, 0) is 38.2 Å². The molecule has 2 heterocycles. The molecule has 5 nitrogen and oxygen atoms in total. The number of carbonyl (C=O) groups excluding carboxylic acids is 2. The number of aryl methyl sites for hydroxylation is 1. The first kappa shape index (κ1) is 20.4. The summed E-state index contributed by atoms with van der Waals surface area (Å²) in [5, 5.41) is 0. The van der Waals surface area contributed by atoms with E-state index in [1.54, 1.807) is 16.7 Å². The maximum Gasteiger partial charge on any atom is 0.274 e. The molecule has 1 saturated heterocycles. The van der Waals surface area contributed by atoms with Crippen LogP contribution in [0.25, 0.3) is 11.4 Å². The quantitative estimate of drug-likeness (QED) is 0.475. The minimum atomic E-state index is -0.171. The smallest absolute Gasteiger partial charge is 0.274 e. The van der Waals surface area contributed by atoms with E-state index in [4.69, 9.17) is 0 Å². The van der Waals surface area contributed by atoms with E-state index in [0.29, 0.717) is 24.6 Å². The fourth-order valence-corrected chi connectivity index (χ4v) is 4.33. The van der Waals surface area contributed by atoms with Crippen molar-refractivity contribution in [2.24, 2.45) is 5.92 Å². The number of amides is 1. The average Bonchev–Trinajstić information content (AvgIpc) is 3.20. The average molecular weight is 420 g/mol. The summed E-state index contributed by atoms with van der Waals surface area (Å²) >= 11 is 1.65. The van der Waals surface area contributed by atoms with E-state index in [9.17, 15) is 9.59 Å². The second-order valence-corrected chi connectivity index (χ2v) is 8.49. The van der Waals surface area contributed by atoms with Gasteiger partial charge in [0.15, 0.2) is 5.78 Å². The molecule has 154 valence electrons. The maximum absolute atomic E-state index is 13.2. The third-order valence-electron chi connectivity index (χ3n) is 5.59. The molecular formula is C24H25N3O2S. The third-order valence-corrected chi connectivity index (χ3v) is 6.33. The highest BCUT2D eigenvalue weighted by atomic mass is 32.2. The van der Waals surface area contributed by atoms with Gasteiger partial charge >= 0.3 is 0 Å². The number of hydrogen-bond acceptors (Lipinski definition) is 4. The Morgan fingerprint density at radius 3 is 2.53 bits per heavy atom. The summed E-state index contributed by atoms with van der Waals surface area (Å²) in [6, 6.07) is 17.5. The van der Waals surface area contributed by atoms with Crippen molar-refractivity contribution in [3.8, 4) is 11.4 Å². The van der Waals surface area contributed by atoms with E-state index in [2.05, 4.69) is 9.97 Å². The van der Waals surface area contributed by atoms with Crippen molar-refractivity contribution < 1.29 is 9.59 Å². The minimum Gasteiger partial charge on any atom is -0.341 e. The number of carbonyl (C=O) groups is 2. The number of rotatable bonds is 5. The van der Waals surface area contributed by atoms with Crippen LogP contribution in [0.3, 0.4) is 0 Å². The second kappa shape index (κ2) is 8.88. The first-order chi connectivity index (χ1) is 14.6. The molecule has 1 aliphatic heterocycles. The van der Waals surface area contributed by atoms with Crippen molar-refractivity contribution in [3.05, 3.63) is 71.5 Å². The molecular weight excluding hydrogens is 394 g/mol. The molecule has 1 atom stereocenters. The molecule has 1 fully saturated rings. The Morgan fingerprint density at radius 2 is 1.83 bits per heavy atom. The van der Waals surface area contributed by atoms with E-state index in [0.717, 1.165) is 34.6 Å². The molecule has 0 saturated carbocycles. The van der Waals surface area contributed by atoms with Gasteiger partial charge in [-0.25, -0.2) is 4.98 Å². The number of likely N-dealkylation sites (tertiary alicyclic amines) is 1. The molecule has 1 N–H and O–H groups in total. The summed E-state index contributed by atoms with van der Waals surface area (Å²) in [6.07, 6.45) is 3.64. The molecule has 1 aromatic heterocycles. The fraction of sp³-hybridized carbons (Fsp3) is 0.292. The number of aromatic nitrogens is 2. The van der Waals surface area contributed by atoms with Gasteiger partial charge in [-0.2, -0.15) is 0 Å². The van der Waals surface area contributed by atoms with Crippen LogP contribution in [0.15, 0.2) is 59.5 Å². The van der Waals surface area contributed by atoms with E-state index in [1.165, 1.54) is 0 Å². The highest BCUT2D eigenvalue weighted by molar-refractivity contribution is 7.98. The fourth-order valence-electron chi connectivity index (χ4n) is 3.92. The summed E-state index contributed by atoms with van der Waals surface area (Å²) in [5.41, 5.74) is 2.85. The number of nitrogens with zero attached hydrogens (tertiary/aromatic N) is 2. The first-order valence-corrected chi connectivity index (χ1v) is 11.4. The van der Waals surface area contributed by atoms with Crippen LogP contribution in [0.5, 0.6) is 0 Å². The Hall–Kier alpha value is -2.86. The Bertz CT molecular complexity index is 1040. The number of H-pyrrole nitrogens is 1. The predicted octanol–water partition coefficient (Wildman–Crippen LogP) is 4.84. The Kier molecular flexibility index (Phi) is 6.04. The highest BCUT2D eigenvalue weighted by Gasteiger charge is 2.31. The lowest BCUT2D eigenvalue weighted by atomic mass is 9.90. The molecule has 30 heavy (non-hydrogen) atoms. The van der Waals surface area contributed by atoms with Gasteiger partial charge in [0.1, 0.15) is 11.5 Å². The van der Waals surface area contributed by atoms with Gasteiger partial charge in [-0.1, -0.05) is 42.5 Å². The number of aromatic amines is 1. The van der Waals surface area contributed by atoms with E-state index in [1.807, 2.05) is 67.8 Å². The van der Waals surface area contributed by atoms with Gasteiger partial charge < -0.3 is 9.88 Å². The zero-order valence-corrected chi connectivity index (χ0v) is 18.0. The van der Waals surface area contributed by atoms with E-state index in [-0.39, 0.29) is 17.6 Å². The topological polar surface area (TPSA) is 66.1 Å². The molecule has 6 heteroatoms. The van der Waals surface area contributed by atoms with Gasteiger partial charge in [-0.3, -0.25) is 9.59 Å². The van der Waals surface area contributed by atoms with Crippen LogP contribution in [-0.4, -0.2) is 45.9 Å². The lowest BCUT2D eigenvalue weighted by molar-refractivity contribution is 0.0632.